The van der Waals surface area contributed by atoms with E-state index in [1.165, 1.54) is 0 Å². The molecule has 1 atom stereocenters. The molecule has 0 saturated heterocycles. The Morgan fingerprint density at radius 2 is 1.94 bits per heavy atom. The van der Waals surface area contributed by atoms with Gasteiger partial charge >= 0.3 is 6.03 Å². The van der Waals surface area contributed by atoms with E-state index in [9.17, 15) is 18.4 Å². The lowest BCUT2D eigenvalue weighted by molar-refractivity contribution is -0.124. The summed E-state index contributed by atoms with van der Waals surface area (Å²) in [6, 6.07) is -1.77. The maximum atomic E-state index is 12.8. The molecule has 0 aromatic heterocycles. The van der Waals surface area contributed by atoms with Gasteiger partial charge in [-0.3, -0.25) is 4.79 Å². The molecule has 0 spiro atoms. The van der Waals surface area contributed by atoms with Gasteiger partial charge in [0.15, 0.2) is 0 Å². The summed E-state index contributed by atoms with van der Waals surface area (Å²) in [4.78, 5) is 22.1. The third-order valence-corrected chi connectivity index (χ3v) is 2.03. The van der Waals surface area contributed by atoms with Crippen LogP contribution in [0.2, 0.25) is 0 Å². The molecule has 18 heavy (non-hydrogen) atoms. The number of halogens is 3. The van der Waals surface area contributed by atoms with E-state index in [-0.39, 0.29) is 12.4 Å². The molecule has 0 aliphatic carbocycles. The molecule has 0 saturated carbocycles. The number of carbonyl (C=O) groups excluding carboxylic acids is 2. The van der Waals surface area contributed by atoms with E-state index in [0.717, 1.165) is 0 Å². The fourth-order valence-corrected chi connectivity index (χ4v) is 1.14. The second-order valence-electron chi connectivity index (χ2n) is 3.63. The highest BCUT2D eigenvalue weighted by Crippen LogP contribution is 2.09. The van der Waals surface area contributed by atoms with Gasteiger partial charge in [0.05, 0.1) is 13.1 Å². The van der Waals surface area contributed by atoms with Gasteiger partial charge in [-0.1, -0.05) is 13.3 Å². The van der Waals surface area contributed by atoms with Crippen LogP contribution < -0.4 is 22.1 Å². The summed E-state index contributed by atoms with van der Waals surface area (Å²) in [5.41, 5.74) is 9.69. The number of primary amides is 1. The normalized spacial score (nSPS) is 12.2. The number of urea groups is 1. The maximum absolute atomic E-state index is 12.8. The molecule has 0 radical (unpaired) electrons. The topological polar surface area (TPSA) is 110 Å². The van der Waals surface area contributed by atoms with Crippen LogP contribution in [-0.4, -0.2) is 37.0 Å². The zero-order valence-corrected chi connectivity index (χ0v) is 10.9. The number of amides is 3. The molecule has 0 aromatic rings. The summed E-state index contributed by atoms with van der Waals surface area (Å²) in [6.07, 6.45) is 0.925. The van der Waals surface area contributed by atoms with Crippen molar-refractivity contribution in [2.75, 3.05) is 13.1 Å². The second-order valence-corrected chi connectivity index (χ2v) is 3.63. The SMILES string of the molecule is CCC[C@@H](NC(N)=O)C(=O)NCC(F)(F)CN.Cl. The smallest absolute Gasteiger partial charge is 0.312 e. The molecule has 3 amide bonds. The Morgan fingerprint density at radius 1 is 1.39 bits per heavy atom. The number of carbonyl (C=O) groups is 2. The molecule has 0 fully saturated rings. The van der Waals surface area contributed by atoms with Crippen LogP contribution in [0, 0.1) is 0 Å². The molecule has 0 heterocycles. The summed E-state index contributed by atoms with van der Waals surface area (Å²) in [5.74, 6) is -3.85. The molecule has 0 aliphatic rings. The summed E-state index contributed by atoms with van der Waals surface area (Å²) in [5, 5.41) is 4.21. The van der Waals surface area contributed by atoms with Crippen molar-refractivity contribution < 1.29 is 18.4 Å². The quantitative estimate of drug-likeness (QED) is 0.527. The van der Waals surface area contributed by atoms with E-state index >= 15 is 0 Å². The molecule has 0 aliphatic heterocycles. The number of hydrogen-bond acceptors (Lipinski definition) is 3. The summed E-state index contributed by atoms with van der Waals surface area (Å²) in [7, 11) is 0. The highest BCUT2D eigenvalue weighted by Gasteiger charge is 2.29. The first-order valence-corrected chi connectivity index (χ1v) is 5.24. The van der Waals surface area contributed by atoms with Crippen LogP contribution in [0.25, 0.3) is 0 Å². The Balaban J connectivity index is 0. The van der Waals surface area contributed by atoms with Gasteiger partial charge in [-0.25, -0.2) is 13.6 Å². The van der Waals surface area contributed by atoms with Crippen LogP contribution in [0.1, 0.15) is 19.8 Å². The lowest BCUT2D eigenvalue weighted by atomic mass is 10.1. The summed E-state index contributed by atoms with van der Waals surface area (Å²) >= 11 is 0. The molecular weight excluding hydrogens is 270 g/mol. The van der Waals surface area contributed by atoms with Crippen LogP contribution in [0.4, 0.5) is 13.6 Å². The van der Waals surface area contributed by atoms with E-state index in [0.29, 0.717) is 12.8 Å². The largest absolute Gasteiger partial charge is 0.352 e. The van der Waals surface area contributed by atoms with E-state index in [4.69, 9.17) is 11.5 Å². The predicted molar refractivity (Wildman–Crippen MR) is 65.7 cm³/mol. The van der Waals surface area contributed by atoms with Crippen LogP contribution >= 0.6 is 12.4 Å². The highest BCUT2D eigenvalue weighted by atomic mass is 35.5. The van der Waals surface area contributed by atoms with Crippen molar-refractivity contribution in [1.82, 2.24) is 10.6 Å². The number of nitrogens with two attached hydrogens (primary N) is 2. The zero-order valence-electron chi connectivity index (χ0n) is 10.0. The van der Waals surface area contributed by atoms with Gasteiger partial charge in [0.1, 0.15) is 6.04 Å². The minimum absolute atomic E-state index is 0. The monoisotopic (exact) mass is 288 g/mol. The Kier molecular flexibility index (Phi) is 9.46. The Labute approximate surface area is 110 Å². The average molecular weight is 289 g/mol. The van der Waals surface area contributed by atoms with Gasteiger partial charge in [0.25, 0.3) is 5.92 Å². The Hall–Kier alpha value is -1.15. The van der Waals surface area contributed by atoms with Gasteiger partial charge in [-0.15, -0.1) is 12.4 Å². The summed E-state index contributed by atoms with van der Waals surface area (Å²) in [6.45, 7) is 0.0788. The van der Waals surface area contributed by atoms with E-state index in [2.05, 4.69) is 5.32 Å². The van der Waals surface area contributed by atoms with Crippen molar-refractivity contribution in [3.8, 4) is 0 Å². The fourth-order valence-electron chi connectivity index (χ4n) is 1.14. The van der Waals surface area contributed by atoms with Crippen molar-refractivity contribution in [3.63, 3.8) is 0 Å². The third kappa shape index (κ3) is 8.02. The number of nitrogens with one attached hydrogen (secondary N) is 2. The van der Waals surface area contributed by atoms with E-state index < -0.39 is 37.0 Å². The van der Waals surface area contributed by atoms with Crippen molar-refractivity contribution in [2.24, 2.45) is 11.5 Å². The average Bonchev–Trinajstić information content (AvgIpc) is 2.25. The molecule has 6 N–H and O–H groups in total. The maximum Gasteiger partial charge on any atom is 0.312 e. The lowest BCUT2D eigenvalue weighted by Gasteiger charge is -2.19. The first-order valence-electron chi connectivity index (χ1n) is 5.24. The molecular formula is C9H19ClF2N4O2. The first-order chi connectivity index (χ1) is 7.82. The van der Waals surface area contributed by atoms with Gasteiger partial charge in [0, 0.05) is 0 Å². The van der Waals surface area contributed by atoms with Gasteiger partial charge < -0.3 is 22.1 Å². The predicted octanol–water partition coefficient (Wildman–Crippen LogP) is -0.0446. The van der Waals surface area contributed by atoms with Gasteiger partial charge in [-0.2, -0.15) is 0 Å². The fraction of sp³-hybridized carbons (Fsp3) is 0.778. The van der Waals surface area contributed by atoms with Gasteiger partial charge in [0.2, 0.25) is 5.91 Å². The molecule has 0 unspecified atom stereocenters. The number of rotatable bonds is 7. The molecule has 0 aromatic carbocycles. The number of alkyl halides is 2. The van der Waals surface area contributed by atoms with Crippen LogP contribution in [-0.2, 0) is 4.79 Å². The zero-order chi connectivity index (χ0) is 13.5. The van der Waals surface area contributed by atoms with E-state index in [1.54, 1.807) is 6.92 Å². The van der Waals surface area contributed by atoms with Crippen LogP contribution in [0.3, 0.4) is 0 Å². The molecule has 9 heteroatoms. The van der Waals surface area contributed by atoms with Crippen molar-refractivity contribution in [1.29, 1.82) is 0 Å². The van der Waals surface area contributed by atoms with Crippen molar-refractivity contribution in [2.45, 2.75) is 31.7 Å². The molecule has 0 bridgehead atoms. The van der Waals surface area contributed by atoms with Gasteiger partial charge in [-0.05, 0) is 6.42 Å². The standard InChI is InChI=1S/C9H18F2N4O2.ClH/c1-2-3-6(15-8(13)17)7(16)14-5-9(10,11)4-12;/h6H,2-5,12H2,1H3,(H,14,16)(H3,13,15,17);1H/t6-;/m1./s1. The highest BCUT2D eigenvalue weighted by molar-refractivity contribution is 5.86. The summed E-state index contributed by atoms with van der Waals surface area (Å²) < 4.78 is 25.5. The minimum atomic E-state index is -3.15. The first kappa shape index (κ1) is 19.2. The molecule has 108 valence electrons. The van der Waals surface area contributed by atoms with Crippen LogP contribution in [0.15, 0.2) is 0 Å². The third-order valence-electron chi connectivity index (χ3n) is 2.03. The van der Waals surface area contributed by atoms with Crippen LogP contribution in [0.5, 0.6) is 0 Å². The molecule has 6 nitrogen and oxygen atoms in total. The Bertz CT molecular complexity index is 279. The molecule has 0 rings (SSSR count). The van der Waals surface area contributed by atoms with Crippen molar-refractivity contribution in [3.05, 3.63) is 0 Å². The number of hydrogen-bond donors (Lipinski definition) is 4. The Morgan fingerprint density at radius 3 is 2.33 bits per heavy atom. The minimum Gasteiger partial charge on any atom is -0.352 e. The second kappa shape index (κ2) is 8.87. The van der Waals surface area contributed by atoms with E-state index in [1.807, 2.05) is 5.32 Å². The van der Waals surface area contributed by atoms with Crippen molar-refractivity contribution >= 4 is 24.3 Å². The lowest BCUT2D eigenvalue weighted by Crippen LogP contribution is -2.51.